The van der Waals surface area contributed by atoms with Gasteiger partial charge in [0.25, 0.3) is 0 Å². The number of hydrogen-bond donors (Lipinski definition) is 1. The van der Waals surface area contributed by atoms with Crippen LogP contribution in [0.5, 0.6) is 0 Å². The second-order valence-electron chi connectivity index (χ2n) is 5.53. The Bertz CT molecular complexity index is 429. The Kier molecular flexibility index (Phi) is 3.33. The Morgan fingerprint density at radius 3 is 2.83 bits per heavy atom. The number of benzene rings is 1. The minimum Gasteiger partial charge on any atom is -0.411 e. The van der Waals surface area contributed by atoms with Gasteiger partial charge in [-0.2, -0.15) is 0 Å². The van der Waals surface area contributed by atoms with Gasteiger partial charge in [-0.3, -0.25) is 4.90 Å². The quantitative estimate of drug-likeness (QED) is 0.641. The van der Waals surface area contributed by atoms with Crippen molar-refractivity contribution in [3.05, 3.63) is 35.9 Å². The van der Waals surface area contributed by atoms with E-state index in [0.29, 0.717) is 11.8 Å². The van der Waals surface area contributed by atoms with E-state index in [1.807, 2.05) is 0 Å². The maximum Gasteiger partial charge on any atom is 0.0617 e. The van der Waals surface area contributed by atoms with Crippen LogP contribution in [-0.4, -0.2) is 28.9 Å². The SMILES string of the molecule is O/N=C1/CCC[C@@H]2CN(Cc3ccccc3)C[C@H]12. The molecule has 3 rings (SSSR count). The van der Waals surface area contributed by atoms with E-state index in [-0.39, 0.29) is 0 Å². The molecular weight excluding hydrogens is 224 g/mol. The van der Waals surface area contributed by atoms with Crippen LogP contribution in [-0.2, 0) is 6.54 Å². The first-order valence-corrected chi connectivity index (χ1v) is 6.84. The molecule has 1 saturated carbocycles. The van der Waals surface area contributed by atoms with Crippen LogP contribution in [0.2, 0.25) is 0 Å². The maximum absolute atomic E-state index is 9.08. The van der Waals surface area contributed by atoms with Crippen molar-refractivity contribution in [2.75, 3.05) is 13.1 Å². The summed E-state index contributed by atoms with van der Waals surface area (Å²) in [7, 11) is 0. The number of likely N-dealkylation sites (tertiary alicyclic amines) is 1. The second-order valence-corrected chi connectivity index (χ2v) is 5.53. The van der Waals surface area contributed by atoms with Gasteiger partial charge in [-0.05, 0) is 30.7 Å². The zero-order chi connectivity index (χ0) is 12.4. The molecule has 1 aliphatic carbocycles. The minimum atomic E-state index is 0.493. The van der Waals surface area contributed by atoms with Crippen molar-refractivity contribution in [1.29, 1.82) is 0 Å². The van der Waals surface area contributed by atoms with Crippen molar-refractivity contribution < 1.29 is 5.21 Å². The molecule has 1 heterocycles. The molecule has 0 radical (unpaired) electrons. The topological polar surface area (TPSA) is 35.8 Å². The van der Waals surface area contributed by atoms with Crippen molar-refractivity contribution in [1.82, 2.24) is 4.90 Å². The molecule has 0 aromatic heterocycles. The third-order valence-corrected chi connectivity index (χ3v) is 4.33. The van der Waals surface area contributed by atoms with E-state index in [9.17, 15) is 0 Å². The monoisotopic (exact) mass is 244 g/mol. The van der Waals surface area contributed by atoms with E-state index >= 15 is 0 Å². The lowest BCUT2D eigenvalue weighted by atomic mass is 9.80. The van der Waals surface area contributed by atoms with Crippen LogP contribution in [0.15, 0.2) is 35.5 Å². The minimum absolute atomic E-state index is 0.493. The summed E-state index contributed by atoms with van der Waals surface area (Å²) in [5.41, 5.74) is 2.40. The summed E-state index contributed by atoms with van der Waals surface area (Å²) in [5.74, 6) is 1.20. The summed E-state index contributed by atoms with van der Waals surface area (Å²) >= 11 is 0. The summed E-state index contributed by atoms with van der Waals surface area (Å²) < 4.78 is 0. The molecule has 0 spiro atoms. The average Bonchev–Trinajstić information content (AvgIpc) is 2.82. The molecule has 18 heavy (non-hydrogen) atoms. The Labute approximate surface area is 108 Å². The number of rotatable bonds is 2. The number of fused-ring (bicyclic) bond motifs is 1. The fraction of sp³-hybridized carbons (Fsp3) is 0.533. The lowest BCUT2D eigenvalue weighted by Gasteiger charge is -2.24. The largest absolute Gasteiger partial charge is 0.411 e. The third kappa shape index (κ3) is 2.27. The van der Waals surface area contributed by atoms with Crippen molar-refractivity contribution in [3.8, 4) is 0 Å². The predicted octanol–water partition coefficient (Wildman–Crippen LogP) is 2.75. The lowest BCUT2D eigenvalue weighted by Crippen LogP contribution is -2.27. The molecule has 3 nitrogen and oxygen atoms in total. The molecule has 1 aromatic rings. The fourth-order valence-corrected chi connectivity index (χ4v) is 3.46. The highest BCUT2D eigenvalue weighted by Gasteiger charge is 2.38. The van der Waals surface area contributed by atoms with Crippen LogP contribution >= 0.6 is 0 Å². The summed E-state index contributed by atoms with van der Waals surface area (Å²) in [4.78, 5) is 2.50. The van der Waals surface area contributed by atoms with E-state index in [2.05, 4.69) is 40.4 Å². The molecular formula is C15H20N2O. The van der Waals surface area contributed by atoms with Crippen molar-refractivity contribution in [3.63, 3.8) is 0 Å². The molecule has 1 aromatic carbocycles. The first kappa shape index (κ1) is 11.7. The summed E-state index contributed by atoms with van der Waals surface area (Å²) in [6, 6.07) is 10.6. The van der Waals surface area contributed by atoms with Gasteiger partial charge in [-0.15, -0.1) is 0 Å². The Hall–Kier alpha value is -1.35. The fourth-order valence-electron chi connectivity index (χ4n) is 3.46. The number of hydrogen-bond acceptors (Lipinski definition) is 3. The molecule has 0 bridgehead atoms. The van der Waals surface area contributed by atoms with Crippen molar-refractivity contribution in [2.45, 2.75) is 25.8 Å². The van der Waals surface area contributed by atoms with Gasteiger partial charge >= 0.3 is 0 Å². The smallest absolute Gasteiger partial charge is 0.0617 e. The second kappa shape index (κ2) is 5.11. The van der Waals surface area contributed by atoms with Gasteiger partial charge in [0.2, 0.25) is 0 Å². The van der Waals surface area contributed by atoms with Crippen LogP contribution in [0.25, 0.3) is 0 Å². The first-order valence-electron chi connectivity index (χ1n) is 6.84. The normalized spacial score (nSPS) is 30.6. The highest BCUT2D eigenvalue weighted by atomic mass is 16.4. The molecule has 2 atom stereocenters. The Morgan fingerprint density at radius 2 is 2.06 bits per heavy atom. The number of oxime groups is 1. The van der Waals surface area contributed by atoms with Crippen LogP contribution in [0.4, 0.5) is 0 Å². The number of nitrogens with zero attached hydrogens (tertiary/aromatic N) is 2. The van der Waals surface area contributed by atoms with Crippen molar-refractivity contribution >= 4 is 5.71 Å². The van der Waals surface area contributed by atoms with E-state index in [0.717, 1.165) is 31.8 Å². The standard InChI is InChI=1S/C15H20N2O/c18-16-15-8-4-7-13-10-17(11-14(13)15)9-12-5-2-1-3-6-12/h1-3,5-6,13-14,18H,4,7-11H2/b16-15-/t13-,14+/m1/s1. The van der Waals surface area contributed by atoms with Gasteiger partial charge in [-0.25, -0.2) is 0 Å². The zero-order valence-electron chi connectivity index (χ0n) is 10.6. The molecule has 1 N–H and O–H groups in total. The summed E-state index contributed by atoms with van der Waals surface area (Å²) in [6.45, 7) is 3.23. The van der Waals surface area contributed by atoms with Gasteiger partial charge in [-0.1, -0.05) is 35.5 Å². The molecule has 3 heteroatoms. The van der Waals surface area contributed by atoms with Crippen LogP contribution in [0.1, 0.15) is 24.8 Å². The molecule has 0 amide bonds. The summed E-state index contributed by atoms with van der Waals surface area (Å²) in [5, 5.41) is 12.6. The van der Waals surface area contributed by atoms with E-state index < -0.39 is 0 Å². The molecule has 1 saturated heterocycles. The molecule has 2 aliphatic rings. The third-order valence-electron chi connectivity index (χ3n) is 4.33. The van der Waals surface area contributed by atoms with E-state index in [1.54, 1.807) is 0 Å². The van der Waals surface area contributed by atoms with Gasteiger partial charge < -0.3 is 5.21 Å². The Balaban J connectivity index is 1.67. The lowest BCUT2D eigenvalue weighted by molar-refractivity contribution is 0.304. The van der Waals surface area contributed by atoms with Crippen LogP contribution in [0, 0.1) is 11.8 Å². The predicted molar refractivity (Wildman–Crippen MR) is 71.8 cm³/mol. The van der Waals surface area contributed by atoms with Crippen molar-refractivity contribution in [2.24, 2.45) is 17.0 Å². The highest BCUT2D eigenvalue weighted by molar-refractivity contribution is 5.87. The summed E-state index contributed by atoms with van der Waals surface area (Å²) in [6.07, 6.45) is 3.45. The highest BCUT2D eigenvalue weighted by Crippen LogP contribution is 2.35. The van der Waals surface area contributed by atoms with Gasteiger partial charge in [0.15, 0.2) is 0 Å². The molecule has 96 valence electrons. The van der Waals surface area contributed by atoms with Gasteiger partial charge in [0.05, 0.1) is 5.71 Å². The van der Waals surface area contributed by atoms with Gasteiger partial charge in [0, 0.05) is 25.6 Å². The zero-order valence-corrected chi connectivity index (χ0v) is 10.6. The van der Waals surface area contributed by atoms with Crippen LogP contribution < -0.4 is 0 Å². The van der Waals surface area contributed by atoms with Gasteiger partial charge in [0.1, 0.15) is 0 Å². The molecule has 0 unspecified atom stereocenters. The molecule has 2 fully saturated rings. The van der Waals surface area contributed by atoms with Crippen LogP contribution in [0.3, 0.4) is 0 Å². The van der Waals surface area contributed by atoms with E-state index in [4.69, 9.17) is 5.21 Å². The Morgan fingerprint density at radius 1 is 1.22 bits per heavy atom. The first-order chi connectivity index (χ1) is 8.86. The average molecular weight is 244 g/mol. The van der Waals surface area contributed by atoms with E-state index in [1.165, 1.54) is 18.4 Å². The molecule has 1 aliphatic heterocycles. The maximum atomic E-state index is 9.08.